The van der Waals surface area contributed by atoms with Crippen LogP contribution in [0.2, 0.25) is 0 Å². The minimum atomic E-state index is -0.765. The monoisotopic (exact) mass is 440 g/mol. The van der Waals surface area contributed by atoms with Crippen molar-refractivity contribution in [1.82, 2.24) is 9.47 Å². The number of benzene rings is 1. The molecule has 1 aromatic heterocycles. The normalized spacial score (nSPS) is 16.2. The molecule has 0 bridgehead atoms. The first-order valence-corrected chi connectivity index (χ1v) is 11.0. The molecule has 1 amide bonds. The number of nitrogens with zero attached hydrogens (tertiary/aromatic N) is 2. The average molecular weight is 441 g/mol. The van der Waals surface area contributed by atoms with Crippen LogP contribution >= 0.6 is 0 Å². The number of rotatable bonds is 6. The lowest BCUT2D eigenvalue weighted by Gasteiger charge is -2.39. The van der Waals surface area contributed by atoms with Crippen molar-refractivity contribution in [2.24, 2.45) is 0 Å². The SMILES string of the molecule is CCc1cc(=O)c(OCc2ccccc2)c2n1C(C(=O)OC(C)(C)C)CN(C(C)C)C2=O. The predicted octanol–water partition coefficient (Wildman–Crippen LogP) is 3.74. The highest BCUT2D eigenvalue weighted by atomic mass is 16.6. The van der Waals surface area contributed by atoms with Crippen LogP contribution in [0.5, 0.6) is 5.75 Å². The second kappa shape index (κ2) is 9.18. The summed E-state index contributed by atoms with van der Waals surface area (Å²) >= 11 is 0. The molecule has 3 rings (SSSR count). The maximum atomic E-state index is 13.5. The third-order valence-electron chi connectivity index (χ3n) is 5.32. The number of carbonyl (C=O) groups is 2. The summed E-state index contributed by atoms with van der Waals surface area (Å²) in [4.78, 5) is 41.3. The third kappa shape index (κ3) is 4.87. The summed E-state index contributed by atoms with van der Waals surface area (Å²) in [6, 6.07) is 9.96. The molecule has 0 spiro atoms. The largest absolute Gasteiger partial charge is 0.483 e. The van der Waals surface area contributed by atoms with Gasteiger partial charge in [0.15, 0.2) is 11.4 Å². The van der Waals surface area contributed by atoms with Gasteiger partial charge in [0.2, 0.25) is 5.43 Å². The molecular formula is C25H32N2O5. The van der Waals surface area contributed by atoms with Crippen molar-refractivity contribution in [3.05, 3.63) is 63.6 Å². The summed E-state index contributed by atoms with van der Waals surface area (Å²) in [5, 5.41) is 0. The molecular weight excluding hydrogens is 408 g/mol. The number of aromatic nitrogens is 1. The Morgan fingerprint density at radius 1 is 1.16 bits per heavy atom. The Hall–Kier alpha value is -3.09. The topological polar surface area (TPSA) is 77.8 Å². The van der Waals surface area contributed by atoms with Crippen LogP contribution in [0.4, 0.5) is 0 Å². The molecule has 32 heavy (non-hydrogen) atoms. The summed E-state index contributed by atoms with van der Waals surface area (Å²) in [6.07, 6.45) is 0.482. The first-order chi connectivity index (χ1) is 15.0. The Kier molecular flexibility index (Phi) is 6.77. The molecule has 0 fully saturated rings. The molecule has 1 aromatic carbocycles. The molecule has 0 aliphatic carbocycles. The Morgan fingerprint density at radius 2 is 1.81 bits per heavy atom. The van der Waals surface area contributed by atoms with Crippen LogP contribution in [-0.2, 0) is 22.6 Å². The zero-order valence-corrected chi connectivity index (χ0v) is 19.7. The van der Waals surface area contributed by atoms with E-state index in [1.54, 1.807) is 30.2 Å². The first kappa shape index (κ1) is 23.6. The molecule has 1 atom stereocenters. The fourth-order valence-corrected chi connectivity index (χ4v) is 3.84. The summed E-state index contributed by atoms with van der Waals surface area (Å²) in [7, 11) is 0. The van der Waals surface area contributed by atoms with Crippen molar-refractivity contribution >= 4 is 11.9 Å². The van der Waals surface area contributed by atoms with Crippen molar-refractivity contribution in [1.29, 1.82) is 0 Å². The predicted molar refractivity (Wildman–Crippen MR) is 122 cm³/mol. The number of esters is 1. The lowest BCUT2D eigenvalue weighted by Crippen LogP contribution is -2.51. The van der Waals surface area contributed by atoms with Crippen molar-refractivity contribution < 1.29 is 19.1 Å². The van der Waals surface area contributed by atoms with Gasteiger partial charge in [0.1, 0.15) is 18.2 Å². The smallest absolute Gasteiger partial charge is 0.331 e. The number of carbonyl (C=O) groups excluding carboxylic acids is 2. The van der Waals surface area contributed by atoms with E-state index in [-0.39, 0.29) is 42.0 Å². The van der Waals surface area contributed by atoms with Crippen molar-refractivity contribution in [3.63, 3.8) is 0 Å². The fraction of sp³-hybridized carbons (Fsp3) is 0.480. The van der Waals surface area contributed by atoms with E-state index in [2.05, 4.69) is 0 Å². The van der Waals surface area contributed by atoms with E-state index in [1.807, 2.05) is 51.1 Å². The van der Waals surface area contributed by atoms with Crippen LogP contribution in [0.25, 0.3) is 0 Å². The summed E-state index contributed by atoms with van der Waals surface area (Å²) < 4.78 is 13.2. The lowest BCUT2D eigenvalue weighted by molar-refractivity contribution is -0.160. The van der Waals surface area contributed by atoms with Gasteiger partial charge in [-0.05, 0) is 46.6 Å². The van der Waals surface area contributed by atoms with E-state index in [4.69, 9.17) is 9.47 Å². The molecule has 2 heterocycles. The van der Waals surface area contributed by atoms with Crippen molar-refractivity contribution in [2.75, 3.05) is 6.54 Å². The standard InChI is InChI=1S/C25H32N2O5/c1-7-18-13-20(28)22(31-15-17-11-9-8-10-12-17)21-23(29)26(16(2)3)14-19(27(18)21)24(30)32-25(4,5)6/h8-13,16,19H,7,14-15H2,1-6H3. The van der Waals surface area contributed by atoms with Crippen LogP contribution in [-0.4, -0.2) is 39.5 Å². The van der Waals surface area contributed by atoms with E-state index in [9.17, 15) is 14.4 Å². The number of pyridine rings is 1. The Balaban J connectivity index is 2.16. The fourth-order valence-electron chi connectivity index (χ4n) is 3.84. The molecule has 1 unspecified atom stereocenters. The molecule has 0 radical (unpaired) electrons. The van der Waals surface area contributed by atoms with Gasteiger partial charge in [-0.25, -0.2) is 4.79 Å². The second-order valence-corrected chi connectivity index (χ2v) is 9.28. The van der Waals surface area contributed by atoms with Gasteiger partial charge in [0, 0.05) is 17.8 Å². The highest BCUT2D eigenvalue weighted by Crippen LogP contribution is 2.31. The Morgan fingerprint density at radius 3 is 2.38 bits per heavy atom. The molecule has 2 aromatic rings. The summed E-state index contributed by atoms with van der Waals surface area (Å²) in [5.41, 5.74) is 0.536. The first-order valence-electron chi connectivity index (χ1n) is 11.0. The van der Waals surface area contributed by atoms with Crippen molar-refractivity contribution in [3.8, 4) is 5.75 Å². The van der Waals surface area contributed by atoms with Gasteiger partial charge in [-0.15, -0.1) is 0 Å². The lowest BCUT2D eigenvalue weighted by atomic mass is 10.0. The van der Waals surface area contributed by atoms with Gasteiger partial charge in [0.05, 0.1) is 6.54 Å². The number of hydrogen-bond acceptors (Lipinski definition) is 5. The molecule has 172 valence electrons. The Labute approximate surface area is 188 Å². The average Bonchev–Trinajstić information content (AvgIpc) is 2.72. The quantitative estimate of drug-likeness (QED) is 0.640. The van der Waals surface area contributed by atoms with E-state index in [0.717, 1.165) is 5.56 Å². The highest BCUT2D eigenvalue weighted by Gasteiger charge is 2.41. The molecule has 1 aliphatic heterocycles. The van der Waals surface area contributed by atoms with Gasteiger partial charge in [-0.3, -0.25) is 9.59 Å². The van der Waals surface area contributed by atoms with Crippen LogP contribution in [0.3, 0.4) is 0 Å². The zero-order chi connectivity index (χ0) is 23.6. The van der Waals surface area contributed by atoms with Gasteiger partial charge < -0.3 is 18.9 Å². The molecule has 7 heteroatoms. The second-order valence-electron chi connectivity index (χ2n) is 9.28. The van der Waals surface area contributed by atoms with Gasteiger partial charge in [0.25, 0.3) is 5.91 Å². The van der Waals surface area contributed by atoms with Gasteiger partial charge in [-0.2, -0.15) is 0 Å². The Bertz CT molecular complexity index is 1050. The minimum absolute atomic E-state index is 0.0324. The minimum Gasteiger partial charge on any atom is -0.483 e. The zero-order valence-electron chi connectivity index (χ0n) is 19.7. The summed E-state index contributed by atoms with van der Waals surface area (Å²) in [5.74, 6) is -0.797. The number of fused-ring (bicyclic) bond motifs is 1. The van der Waals surface area contributed by atoms with E-state index >= 15 is 0 Å². The van der Waals surface area contributed by atoms with Gasteiger partial charge >= 0.3 is 5.97 Å². The molecule has 1 aliphatic rings. The molecule has 0 saturated heterocycles. The number of aryl methyl sites for hydroxylation is 1. The van der Waals surface area contributed by atoms with Crippen LogP contribution in [0.15, 0.2) is 41.2 Å². The van der Waals surface area contributed by atoms with Gasteiger partial charge in [-0.1, -0.05) is 37.3 Å². The summed E-state index contributed by atoms with van der Waals surface area (Å²) in [6.45, 7) is 11.4. The third-order valence-corrected chi connectivity index (χ3v) is 5.32. The van der Waals surface area contributed by atoms with E-state index in [0.29, 0.717) is 12.1 Å². The number of amides is 1. The molecule has 0 saturated carbocycles. The highest BCUT2D eigenvalue weighted by molar-refractivity contribution is 5.98. The van der Waals surface area contributed by atoms with E-state index in [1.165, 1.54) is 6.07 Å². The van der Waals surface area contributed by atoms with Crippen LogP contribution in [0.1, 0.15) is 69.3 Å². The number of hydrogen-bond donors (Lipinski definition) is 0. The maximum Gasteiger partial charge on any atom is 0.331 e. The number of ether oxygens (including phenoxy) is 2. The van der Waals surface area contributed by atoms with Crippen LogP contribution < -0.4 is 10.2 Å². The van der Waals surface area contributed by atoms with Crippen LogP contribution in [0, 0.1) is 0 Å². The molecule has 0 N–H and O–H groups in total. The van der Waals surface area contributed by atoms with Crippen molar-refractivity contribution in [2.45, 2.75) is 72.3 Å². The maximum absolute atomic E-state index is 13.5. The van der Waals surface area contributed by atoms with E-state index < -0.39 is 17.6 Å². The molecule has 7 nitrogen and oxygen atoms in total.